The van der Waals surface area contributed by atoms with Gasteiger partial charge < -0.3 is 10.6 Å². The zero-order chi connectivity index (χ0) is 21.1. The summed E-state index contributed by atoms with van der Waals surface area (Å²) in [7, 11) is 0. The van der Waals surface area contributed by atoms with E-state index in [0.717, 1.165) is 31.4 Å². The van der Waals surface area contributed by atoms with Crippen molar-refractivity contribution in [3.05, 3.63) is 41.9 Å². The molecule has 0 aromatic carbocycles. The largest absolute Gasteiger partial charge is 0.382 e. The fourth-order valence-electron chi connectivity index (χ4n) is 3.83. The number of nitrogens with one attached hydrogen (secondary N) is 2. The van der Waals surface area contributed by atoms with Crippen LogP contribution in [0.2, 0.25) is 0 Å². The Balaban J connectivity index is 1.67. The van der Waals surface area contributed by atoms with Crippen LogP contribution in [-0.4, -0.2) is 37.6 Å². The van der Waals surface area contributed by atoms with E-state index in [-0.39, 0.29) is 18.0 Å². The number of amides is 1. The monoisotopic (exact) mass is 403 g/mol. The Bertz CT molecular complexity index is 1110. The molecule has 0 aliphatic heterocycles. The number of hydrogen-bond donors (Lipinski definition) is 2. The molecule has 1 amide bonds. The van der Waals surface area contributed by atoms with Crippen LogP contribution in [0.5, 0.6) is 0 Å². The van der Waals surface area contributed by atoms with Crippen LogP contribution in [-0.2, 0) is 0 Å². The lowest BCUT2D eigenvalue weighted by molar-refractivity contribution is 0.0928. The summed E-state index contributed by atoms with van der Waals surface area (Å²) in [4.78, 5) is 21.8. The lowest BCUT2D eigenvalue weighted by Gasteiger charge is -2.23. The van der Waals surface area contributed by atoms with Gasteiger partial charge in [-0.1, -0.05) is 19.3 Å². The van der Waals surface area contributed by atoms with E-state index >= 15 is 0 Å². The minimum Gasteiger partial charge on any atom is -0.382 e. The van der Waals surface area contributed by atoms with Crippen molar-refractivity contribution >= 4 is 17.2 Å². The quantitative estimate of drug-likeness (QED) is 0.674. The van der Waals surface area contributed by atoms with Crippen LogP contribution in [0.4, 0.5) is 5.69 Å². The summed E-state index contributed by atoms with van der Waals surface area (Å²) >= 11 is 0. The first-order chi connectivity index (χ1) is 14.5. The van der Waals surface area contributed by atoms with Gasteiger partial charge in [0.05, 0.1) is 34.9 Å². The molecule has 0 atom stereocenters. The lowest BCUT2D eigenvalue weighted by Crippen LogP contribution is -2.36. The molecule has 30 heavy (non-hydrogen) atoms. The summed E-state index contributed by atoms with van der Waals surface area (Å²) in [5.41, 5.74) is 3.63. The normalized spacial score (nSPS) is 14.6. The molecule has 0 unspecified atom stereocenters. The predicted molar refractivity (Wildman–Crippen MR) is 114 cm³/mol. The molecular formula is C22H25N7O. The van der Waals surface area contributed by atoms with Gasteiger partial charge in [-0.2, -0.15) is 10.4 Å². The first-order valence-corrected chi connectivity index (χ1v) is 10.4. The Kier molecular flexibility index (Phi) is 5.61. The van der Waals surface area contributed by atoms with Crippen LogP contribution in [0.3, 0.4) is 0 Å². The van der Waals surface area contributed by atoms with Crippen LogP contribution in [0.1, 0.15) is 61.9 Å². The highest BCUT2D eigenvalue weighted by molar-refractivity contribution is 6.00. The molecule has 1 aliphatic carbocycles. The van der Waals surface area contributed by atoms with E-state index in [4.69, 9.17) is 5.26 Å². The Morgan fingerprint density at radius 3 is 2.70 bits per heavy atom. The molecule has 0 spiro atoms. The van der Waals surface area contributed by atoms with Crippen LogP contribution in [0.15, 0.2) is 30.7 Å². The summed E-state index contributed by atoms with van der Waals surface area (Å²) in [6.07, 6.45) is 10.4. The summed E-state index contributed by atoms with van der Waals surface area (Å²) in [5, 5.41) is 19.9. The van der Waals surface area contributed by atoms with Crippen LogP contribution in [0, 0.1) is 11.3 Å². The molecule has 1 fully saturated rings. The first kappa shape index (κ1) is 19.8. The molecule has 1 saturated carbocycles. The van der Waals surface area contributed by atoms with Crippen molar-refractivity contribution in [2.24, 2.45) is 0 Å². The second-order valence-corrected chi connectivity index (χ2v) is 7.99. The number of anilines is 1. The van der Waals surface area contributed by atoms with Crippen LogP contribution in [0.25, 0.3) is 17.0 Å². The molecule has 2 N–H and O–H groups in total. The predicted octanol–water partition coefficient (Wildman–Crippen LogP) is 3.55. The zero-order valence-corrected chi connectivity index (χ0v) is 17.2. The lowest BCUT2D eigenvalue weighted by atomic mass is 9.95. The van der Waals surface area contributed by atoms with E-state index in [1.54, 1.807) is 23.0 Å². The number of hydrogen-bond acceptors (Lipinski definition) is 6. The molecule has 3 aromatic heterocycles. The average molecular weight is 403 g/mol. The van der Waals surface area contributed by atoms with Crippen molar-refractivity contribution in [1.29, 1.82) is 5.26 Å². The highest BCUT2D eigenvalue weighted by Gasteiger charge is 2.21. The Morgan fingerprint density at radius 2 is 1.97 bits per heavy atom. The van der Waals surface area contributed by atoms with E-state index in [0.29, 0.717) is 28.2 Å². The minimum absolute atomic E-state index is 0.0981. The van der Waals surface area contributed by atoms with Gasteiger partial charge in [-0.3, -0.25) is 9.78 Å². The number of fused-ring (bicyclic) bond motifs is 1. The number of nitriles is 1. The maximum absolute atomic E-state index is 12.9. The van der Waals surface area contributed by atoms with Crippen molar-refractivity contribution < 1.29 is 4.79 Å². The molecule has 0 saturated heterocycles. The van der Waals surface area contributed by atoms with E-state index in [2.05, 4.69) is 31.8 Å². The van der Waals surface area contributed by atoms with Gasteiger partial charge in [-0.25, -0.2) is 9.50 Å². The van der Waals surface area contributed by atoms with E-state index in [1.165, 1.54) is 12.6 Å². The molecule has 3 aromatic rings. The van der Waals surface area contributed by atoms with E-state index in [9.17, 15) is 4.79 Å². The van der Waals surface area contributed by atoms with Gasteiger partial charge in [0, 0.05) is 24.3 Å². The number of pyridine rings is 1. The summed E-state index contributed by atoms with van der Waals surface area (Å²) in [6.45, 7) is 4.06. The van der Waals surface area contributed by atoms with Crippen molar-refractivity contribution in [3.8, 4) is 17.5 Å². The topological polar surface area (TPSA) is 108 Å². The van der Waals surface area contributed by atoms with E-state index in [1.807, 2.05) is 19.9 Å². The van der Waals surface area contributed by atoms with Gasteiger partial charge >= 0.3 is 0 Å². The number of nitrogens with zero attached hydrogens (tertiary/aromatic N) is 5. The fraction of sp³-hybridized carbons (Fsp3) is 0.409. The third-order valence-corrected chi connectivity index (χ3v) is 5.29. The molecule has 8 nitrogen and oxygen atoms in total. The van der Waals surface area contributed by atoms with Crippen molar-refractivity contribution in [3.63, 3.8) is 0 Å². The number of carbonyl (C=O) groups is 1. The molecule has 8 heteroatoms. The molecule has 0 bridgehead atoms. The standard InChI is InChI=1S/C22H25N7O/c1-14(2)27-18-9-19(20-13-25-21-8-15(10-23)11-26-29(20)21)24-12-17(18)22(30)28-16-6-4-3-5-7-16/h8-9,11-14,16H,3-7H2,1-2H3,(H,24,27)(H,28,30). The second kappa shape index (κ2) is 8.49. The Morgan fingerprint density at radius 1 is 1.17 bits per heavy atom. The maximum Gasteiger partial charge on any atom is 0.255 e. The summed E-state index contributed by atoms with van der Waals surface area (Å²) in [6, 6.07) is 5.99. The Labute approximate surface area is 175 Å². The summed E-state index contributed by atoms with van der Waals surface area (Å²) < 4.78 is 1.64. The molecule has 154 valence electrons. The molecule has 0 radical (unpaired) electrons. The van der Waals surface area contributed by atoms with Crippen molar-refractivity contribution in [2.75, 3.05) is 5.32 Å². The first-order valence-electron chi connectivity index (χ1n) is 10.4. The number of imidazole rings is 1. The second-order valence-electron chi connectivity index (χ2n) is 7.99. The molecule has 3 heterocycles. The fourth-order valence-corrected chi connectivity index (χ4v) is 3.83. The average Bonchev–Trinajstić information content (AvgIpc) is 3.17. The molecule has 4 rings (SSSR count). The van der Waals surface area contributed by atoms with Gasteiger partial charge in [0.25, 0.3) is 5.91 Å². The molecular weight excluding hydrogens is 378 g/mol. The van der Waals surface area contributed by atoms with Crippen LogP contribution >= 0.6 is 0 Å². The number of rotatable bonds is 5. The SMILES string of the molecule is CC(C)Nc1cc(-c2cnc3cc(C#N)cnn23)ncc1C(=O)NC1CCCCC1. The number of carbonyl (C=O) groups excluding carboxylic acids is 1. The Hall–Kier alpha value is -3.47. The maximum atomic E-state index is 12.9. The highest BCUT2D eigenvalue weighted by atomic mass is 16.1. The van der Waals surface area contributed by atoms with Gasteiger partial charge in [0.15, 0.2) is 5.65 Å². The van der Waals surface area contributed by atoms with Crippen molar-refractivity contribution in [2.45, 2.75) is 58.0 Å². The number of aromatic nitrogens is 4. The molecule has 1 aliphatic rings. The summed E-state index contributed by atoms with van der Waals surface area (Å²) in [5.74, 6) is -0.0981. The zero-order valence-electron chi connectivity index (χ0n) is 17.2. The smallest absolute Gasteiger partial charge is 0.255 e. The minimum atomic E-state index is -0.0981. The third-order valence-electron chi connectivity index (χ3n) is 5.29. The highest BCUT2D eigenvalue weighted by Crippen LogP contribution is 2.25. The van der Waals surface area contributed by atoms with Gasteiger partial charge in [-0.15, -0.1) is 0 Å². The van der Waals surface area contributed by atoms with Gasteiger partial charge in [-0.05, 0) is 32.8 Å². The van der Waals surface area contributed by atoms with Crippen molar-refractivity contribution in [1.82, 2.24) is 24.9 Å². The van der Waals surface area contributed by atoms with Crippen LogP contribution < -0.4 is 10.6 Å². The van der Waals surface area contributed by atoms with Gasteiger partial charge in [0.1, 0.15) is 11.8 Å². The third kappa shape index (κ3) is 4.10. The van der Waals surface area contributed by atoms with Gasteiger partial charge in [0.2, 0.25) is 0 Å². The van der Waals surface area contributed by atoms with E-state index < -0.39 is 0 Å².